The van der Waals surface area contributed by atoms with Gasteiger partial charge in [0.15, 0.2) is 0 Å². The Kier molecular flexibility index (Phi) is 4.28. The Morgan fingerprint density at radius 3 is 3.10 bits per heavy atom. The van der Waals surface area contributed by atoms with Crippen molar-refractivity contribution in [2.24, 2.45) is 5.92 Å². The van der Waals surface area contributed by atoms with Gasteiger partial charge in [0.2, 0.25) is 0 Å². The molecule has 0 radical (unpaired) electrons. The lowest BCUT2D eigenvalue weighted by molar-refractivity contribution is 0.0915. The maximum atomic E-state index is 6.01. The van der Waals surface area contributed by atoms with Gasteiger partial charge in [-0.05, 0) is 25.5 Å². The number of rotatable bonds is 5. The Balaban J connectivity index is 1.86. The molecule has 1 N–H and O–H groups in total. The van der Waals surface area contributed by atoms with Gasteiger partial charge in [-0.15, -0.1) is 0 Å². The molecule has 2 unspecified atom stereocenters. The number of pyridine rings is 1. The van der Waals surface area contributed by atoms with Gasteiger partial charge in [-0.2, -0.15) is 0 Å². The maximum Gasteiger partial charge on any atom is 0.0887 e. The number of para-hydroxylation sites is 1. The van der Waals surface area contributed by atoms with Gasteiger partial charge in [0, 0.05) is 36.2 Å². The molecule has 1 aliphatic heterocycles. The van der Waals surface area contributed by atoms with Crippen molar-refractivity contribution in [1.29, 1.82) is 0 Å². The quantitative estimate of drug-likeness (QED) is 0.846. The monoisotopic (exact) mass is 270 g/mol. The second kappa shape index (κ2) is 6.33. The predicted molar refractivity (Wildman–Crippen MR) is 81.7 cm³/mol. The summed E-state index contributed by atoms with van der Waals surface area (Å²) in [5.41, 5.74) is 2.33. The molecule has 20 heavy (non-hydrogen) atoms. The zero-order valence-electron chi connectivity index (χ0n) is 12.0. The first-order chi connectivity index (χ1) is 9.90. The first-order valence-corrected chi connectivity index (χ1v) is 7.56. The van der Waals surface area contributed by atoms with E-state index in [4.69, 9.17) is 4.74 Å². The van der Waals surface area contributed by atoms with Gasteiger partial charge in [0.05, 0.1) is 11.6 Å². The maximum absolute atomic E-state index is 6.01. The Hall–Kier alpha value is -1.45. The summed E-state index contributed by atoms with van der Waals surface area (Å²) in [5, 5.41) is 4.72. The minimum absolute atomic E-state index is 0.179. The molecule has 0 aliphatic carbocycles. The second-order valence-corrected chi connectivity index (χ2v) is 5.47. The van der Waals surface area contributed by atoms with E-state index in [-0.39, 0.29) is 6.10 Å². The number of ether oxygens (including phenoxy) is 1. The van der Waals surface area contributed by atoms with Crippen molar-refractivity contribution < 1.29 is 4.74 Å². The minimum atomic E-state index is 0.179. The van der Waals surface area contributed by atoms with Crippen LogP contribution in [-0.4, -0.2) is 24.7 Å². The third kappa shape index (κ3) is 2.69. The second-order valence-electron chi connectivity index (χ2n) is 5.47. The van der Waals surface area contributed by atoms with E-state index < -0.39 is 0 Å². The van der Waals surface area contributed by atoms with Crippen molar-refractivity contribution in [3.05, 3.63) is 42.1 Å². The third-order valence-corrected chi connectivity index (χ3v) is 4.02. The van der Waals surface area contributed by atoms with Crippen LogP contribution in [0.3, 0.4) is 0 Å². The van der Waals surface area contributed by atoms with E-state index in [1.807, 2.05) is 12.3 Å². The van der Waals surface area contributed by atoms with Crippen molar-refractivity contribution in [3.63, 3.8) is 0 Å². The zero-order chi connectivity index (χ0) is 13.8. The predicted octanol–water partition coefficient (Wildman–Crippen LogP) is 3.31. The Morgan fingerprint density at radius 1 is 1.30 bits per heavy atom. The van der Waals surface area contributed by atoms with Crippen molar-refractivity contribution >= 4 is 10.9 Å². The SMILES string of the molecule is CCCNCC1CCOC1c1cccc2cccnc12. The highest BCUT2D eigenvalue weighted by molar-refractivity contribution is 5.81. The third-order valence-electron chi connectivity index (χ3n) is 4.02. The number of aromatic nitrogens is 1. The van der Waals surface area contributed by atoms with Gasteiger partial charge in [0.1, 0.15) is 0 Å². The van der Waals surface area contributed by atoms with Crippen LogP contribution < -0.4 is 5.32 Å². The lowest BCUT2D eigenvalue weighted by Crippen LogP contribution is -2.25. The Morgan fingerprint density at radius 2 is 2.20 bits per heavy atom. The Labute approximate surface area is 120 Å². The van der Waals surface area contributed by atoms with Crippen LogP contribution in [-0.2, 0) is 4.74 Å². The summed E-state index contributed by atoms with van der Waals surface area (Å²) in [7, 11) is 0. The summed E-state index contributed by atoms with van der Waals surface area (Å²) in [6.45, 7) is 5.16. The molecule has 0 bridgehead atoms. The first-order valence-electron chi connectivity index (χ1n) is 7.56. The topological polar surface area (TPSA) is 34.1 Å². The van der Waals surface area contributed by atoms with E-state index in [2.05, 4.69) is 41.5 Å². The minimum Gasteiger partial charge on any atom is -0.373 e. The largest absolute Gasteiger partial charge is 0.373 e. The van der Waals surface area contributed by atoms with Crippen LogP contribution in [0.2, 0.25) is 0 Å². The molecule has 106 valence electrons. The van der Waals surface area contributed by atoms with E-state index in [0.29, 0.717) is 5.92 Å². The number of fused-ring (bicyclic) bond motifs is 1. The average Bonchev–Trinajstić information content (AvgIpc) is 2.95. The molecule has 2 heterocycles. The standard InChI is InChI=1S/C17H22N2O/c1-2-9-18-12-14-8-11-20-17(14)15-7-3-5-13-6-4-10-19-16(13)15/h3-7,10,14,17-18H,2,8-9,11-12H2,1H3. The molecule has 1 fully saturated rings. The average molecular weight is 270 g/mol. The molecule has 3 rings (SSSR count). The molecule has 1 aromatic carbocycles. The van der Waals surface area contributed by atoms with E-state index in [9.17, 15) is 0 Å². The molecule has 0 spiro atoms. The van der Waals surface area contributed by atoms with Gasteiger partial charge < -0.3 is 10.1 Å². The normalized spacial score (nSPS) is 22.4. The van der Waals surface area contributed by atoms with E-state index >= 15 is 0 Å². The van der Waals surface area contributed by atoms with Gasteiger partial charge in [-0.1, -0.05) is 31.2 Å². The summed E-state index contributed by atoms with van der Waals surface area (Å²) in [5.74, 6) is 0.550. The fourth-order valence-corrected chi connectivity index (χ4v) is 3.01. The van der Waals surface area contributed by atoms with Crippen LogP contribution in [0.15, 0.2) is 36.5 Å². The van der Waals surface area contributed by atoms with Gasteiger partial charge in [0.25, 0.3) is 0 Å². The molecule has 2 atom stereocenters. The number of hydrogen-bond acceptors (Lipinski definition) is 3. The van der Waals surface area contributed by atoms with Gasteiger partial charge >= 0.3 is 0 Å². The van der Waals surface area contributed by atoms with Crippen LogP contribution in [0.5, 0.6) is 0 Å². The highest BCUT2D eigenvalue weighted by Crippen LogP contribution is 2.36. The molecule has 0 amide bonds. The van der Waals surface area contributed by atoms with Crippen LogP contribution >= 0.6 is 0 Å². The van der Waals surface area contributed by atoms with Crippen molar-refractivity contribution in [1.82, 2.24) is 10.3 Å². The molecule has 2 aromatic rings. The lowest BCUT2D eigenvalue weighted by atomic mass is 9.93. The summed E-state index contributed by atoms with van der Waals surface area (Å²) >= 11 is 0. The molecule has 0 saturated carbocycles. The zero-order valence-corrected chi connectivity index (χ0v) is 12.0. The molecule has 3 nitrogen and oxygen atoms in total. The van der Waals surface area contributed by atoms with E-state index in [1.54, 1.807) is 0 Å². The molecule has 3 heteroatoms. The summed E-state index contributed by atoms with van der Waals surface area (Å²) in [6.07, 6.45) is 4.35. The smallest absolute Gasteiger partial charge is 0.0887 e. The molecular formula is C17H22N2O. The molecule has 1 aromatic heterocycles. The van der Waals surface area contributed by atoms with Crippen LogP contribution in [0.4, 0.5) is 0 Å². The van der Waals surface area contributed by atoms with Gasteiger partial charge in [-0.3, -0.25) is 4.98 Å². The highest BCUT2D eigenvalue weighted by Gasteiger charge is 2.30. The fourth-order valence-electron chi connectivity index (χ4n) is 3.01. The molecule has 1 aliphatic rings. The Bertz CT molecular complexity index is 564. The van der Waals surface area contributed by atoms with E-state index in [1.165, 1.54) is 17.4 Å². The summed E-state index contributed by atoms with van der Waals surface area (Å²) in [4.78, 5) is 4.56. The first kappa shape index (κ1) is 13.5. The van der Waals surface area contributed by atoms with Crippen LogP contribution in [0, 0.1) is 5.92 Å². The summed E-state index contributed by atoms with van der Waals surface area (Å²) < 4.78 is 6.01. The number of nitrogens with zero attached hydrogens (tertiary/aromatic N) is 1. The number of nitrogens with one attached hydrogen (secondary N) is 1. The molecular weight excluding hydrogens is 248 g/mol. The van der Waals surface area contributed by atoms with Crippen LogP contribution in [0.25, 0.3) is 10.9 Å². The van der Waals surface area contributed by atoms with Crippen molar-refractivity contribution in [3.8, 4) is 0 Å². The number of benzene rings is 1. The van der Waals surface area contributed by atoms with Crippen LogP contribution in [0.1, 0.15) is 31.4 Å². The van der Waals surface area contributed by atoms with Crippen molar-refractivity contribution in [2.75, 3.05) is 19.7 Å². The van der Waals surface area contributed by atoms with E-state index in [0.717, 1.165) is 31.6 Å². The molecule has 1 saturated heterocycles. The highest BCUT2D eigenvalue weighted by atomic mass is 16.5. The summed E-state index contributed by atoms with van der Waals surface area (Å²) in [6, 6.07) is 10.5. The lowest BCUT2D eigenvalue weighted by Gasteiger charge is -2.20. The number of hydrogen-bond donors (Lipinski definition) is 1. The fraction of sp³-hybridized carbons (Fsp3) is 0.471. The van der Waals surface area contributed by atoms with Gasteiger partial charge in [-0.25, -0.2) is 0 Å². The van der Waals surface area contributed by atoms with Crippen molar-refractivity contribution in [2.45, 2.75) is 25.9 Å².